The lowest BCUT2D eigenvalue weighted by Crippen LogP contribution is -2.42. The molecule has 0 saturated carbocycles. The van der Waals surface area contributed by atoms with E-state index in [1.165, 1.54) is 10.4 Å². The van der Waals surface area contributed by atoms with Crippen LogP contribution in [0.25, 0.3) is 5.70 Å². The second-order valence-electron chi connectivity index (χ2n) is 6.69. The highest BCUT2D eigenvalue weighted by Gasteiger charge is 2.40. The Morgan fingerprint density at radius 1 is 1.11 bits per heavy atom. The van der Waals surface area contributed by atoms with E-state index in [1.54, 1.807) is 17.4 Å². The van der Waals surface area contributed by atoms with E-state index < -0.39 is 0 Å². The highest BCUT2D eigenvalue weighted by Crippen LogP contribution is 2.46. The molecule has 2 aliphatic heterocycles. The van der Waals surface area contributed by atoms with Crippen molar-refractivity contribution in [3.63, 3.8) is 0 Å². The van der Waals surface area contributed by atoms with E-state index in [4.69, 9.17) is 9.47 Å². The largest absolute Gasteiger partial charge is 0.490 e. The van der Waals surface area contributed by atoms with Crippen LogP contribution in [0, 0.1) is 0 Å². The SMILES string of the molecule is C=CCOc1ccc(C2=C[C@@H]3c4ccccc4O[C@@H](c4cccs4)N3N2)cc1. The van der Waals surface area contributed by atoms with Crippen molar-refractivity contribution < 1.29 is 9.47 Å². The minimum atomic E-state index is -0.163. The molecule has 0 amide bonds. The smallest absolute Gasteiger partial charge is 0.205 e. The summed E-state index contributed by atoms with van der Waals surface area (Å²) < 4.78 is 11.9. The number of nitrogens with zero attached hydrogens (tertiary/aromatic N) is 1. The van der Waals surface area contributed by atoms with Crippen LogP contribution in [0.2, 0.25) is 0 Å². The molecule has 0 fully saturated rings. The fourth-order valence-corrected chi connectivity index (χ4v) is 4.36. The number of ether oxygens (including phenoxy) is 2. The number of rotatable bonds is 5. The first-order valence-electron chi connectivity index (χ1n) is 9.23. The number of hydrazine groups is 1. The lowest BCUT2D eigenvalue weighted by atomic mass is 10.0. The lowest BCUT2D eigenvalue weighted by molar-refractivity contribution is -0.0302. The molecule has 0 saturated heterocycles. The zero-order chi connectivity index (χ0) is 18.9. The highest BCUT2D eigenvalue weighted by molar-refractivity contribution is 7.10. The Bertz CT molecular complexity index is 1010. The van der Waals surface area contributed by atoms with E-state index >= 15 is 0 Å². The van der Waals surface area contributed by atoms with Crippen molar-refractivity contribution in [3.05, 3.63) is 101 Å². The quantitative estimate of drug-likeness (QED) is 0.601. The number of hydrogen-bond acceptors (Lipinski definition) is 5. The Labute approximate surface area is 168 Å². The maximum atomic E-state index is 6.35. The molecule has 2 atom stereocenters. The summed E-state index contributed by atoms with van der Waals surface area (Å²) in [4.78, 5) is 1.18. The fourth-order valence-electron chi connectivity index (χ4n) is 3.61. The summed E-state index contributed by atoms with van der Waals surface area (Å²) in [7, 11) is 0. The summed E-state index contributed by atoms with van der Waals surface area (Å²) in [5.74, 6) is 1.78. The van der Waals surface area contributed by atoms with Crippen molar-refractivity contribution in [3.8, 4) is 11.5 Å². The molecule has 4 nitrogen and oxygen atoms in total. The topological polar surface area (TPSA) is 33.7 Å². The first-order chi connectivity index (χ1) is 13.8. The van der Waals surface area contributed by atoms with E-state index in [9.17, 15) is 0 Å². The molecule has 140 valence electrons. The van der Waals surface area contributed by atoms with Crippen molar-refractivity contribution in [2.75, 3.05) is 6.61 Å². The Morgan fingerprint density at radius 3 is 2.75 bits per heavy atom. The second-order valence-corrected chi connectivity index (χ2v) is 7.67. The van der Waals surface area contributed by atoms with Crippen LogP contribution in [0.3, 0.4) is 0 Å². The molecule has 0 unspecified atom stereocenters. The maximum Gasteiger partial charge on any atom is 0.205 e. The average molecular weight is 388 g/mol. The standard InChI is InChI=1S/C23H20N2O2S/c1-2-13-26-17-11-9-16(10-12-17)19-15-20-18-6-3-4-7-21(18)27-23(25(20)24-19)22-8-5-14-28-22/h2-12,14-15,20,23-24H,1,13H2/t20-,23+/m1/s1. The number of para-hydroxylation sites is 1. The number of nitrogens with one attached hydrogen (secondary N) is 1. The van der Waals surface area contributed by atoms with E-state index in [1.807, 2.05) is 24.3 Å². The molecule has 0 spiro atoms. The van der Waals surface area contributed by atoms with Crippen LogP contribution >= 0.6 is 11.3 Å². The molecule has 5 rings (SSSR count). The van der Waals surface area contributed by atoms with Gasteiger partial charge in [-0.25, -0.2) is 0 Å². The molecule has 0 radical (unpaired) electrons. The molecule has 5 heteroatoms. The van der Waals surface area contributed by atoms with Gasteiger partial charge in [-0.3, -0.25) is 0 Å². The minimum absolute atomic E-state index is 0.115. The summed E-state index contributed by atoms with van der Waals surface area (Å²) in [6.07, 6.45) is 3.85. The molecule has 2 aliphatic rings. The number of benzene rings is 2. The third-order valence-electron chi connectivity index (χ3n) is 4.92. The predicted molar refractivity (Wildman–Crippen MR) is 112 cm³/mol. The van der Waals surface area contributed by atoms with Crippen LogP contribution in [0.15, 0.2) is 84.8 Å². The normalized spacial score (nSPS) is 20.4. The van der Waals surface area contributed by atoms with Gasteiger partial charge in [0, 0.05) is 5.56 Å². The molecule has 2 aromatic carbocycles. The van der Waals surface area contributed by atoms with Gasteiger partial charge >= 0.3 is 0 Å². The molecule has 0 bridgehead atoms. The van der Waals surface area contributed by atoms with Gasteiger partial charge in [-0.05, 0) is 53.4 Å². The van der Waals surface area contributed by atoms with Gasteiger partial charge in [-0.1, -0.05) is 36.9 Å². The molecule has 3 aromatic rings. The van der Waals surface area contributed by atoms with Gasteiger partial charge in [0.1, 0.15) is 18.1 Å². The Hall–Kier alpha value is -3.02. The minimum Gasteiger partial charge on any atom is -0.490 e. The van der Waals surface area contributed by atoms with Gasteiger partial charge in [0.15, 0.2) is 0 Å². The Balaban J connectivity index is 1.48. The molecular formula is C23H20N2O2S. The Morgan fingerprint density at radius 2 is 1.96 bits per heavy atom. The monoisotopic (exact) mass is 388 g/mol. The van der Waals surface area contributed by atoms with Crippen LogP contribution in [0.5, 0.6) is 11.5 Å². The summed E-state index contributed by atoms with van der Waals surface area (Å²) in [6, 6.07) is 20.7. The number of thiophene rings is 1. The van der Waals surface area contributed by atoms with E-state index in [-0.39, 0.29) is 12.3 Å². The van der Waals surface area contributed by atoms with E-state index in [0.717, 1.165) is 22.8 Å². The Kier molecular flexibility index (Phi) is 4.39. The van der Waals surface area contributed by atoms with Crippen molar-refractivity contribution in [1.82, 2.24) is 10.4 Å². The van der Waals surface area contributed by atoms with Crippen molar-refractivity contribution >= 4 is 17.0 Å². The van der Waals surface area contributed by atoms with Gasteiger partial charge in [0.25, 0.3) is 0 Å². The molecular weight excluding hydrogens is 368 g/mol. The van der Waals surface area contributed by atoms with Crippen LogP contribution in [0.1, 0.15) is 28.3 Å². The second kappa shape index (κ2) is 7.19. The van der Waals surface area contributed by atoms with Crippen molar-refractivity contribution in [2.24, 2.45) is 0 Å². The predicted octanol–water partition coefficient (Wildman–Crippen LogP) is 5.31. The average Bonchev–Trinajstić information content (AvgIpc) is 3.42. The molecule has 1 aromatic heterocycles. The van der Waals surface area contributed by atoms with Crippen molar-refractivity contribution in [1.29, 1.82) is 0 Å². The van der Waals surface area contributed by atoms with Crippen LogP contribution in [-0.4, -0.2) is 11.6 Å². The molecule has 3 heterocycles. The van der Waals surface area contributed by atoms with E-state index in [2.05, 4.69) is 64.9 Å². The summed E-state index contributed by atoms with van der Waals surface area (Å²) in [6.45, 7) is 4.19. The van der Waals surface area contributed by atoms with E-state index in [0.29, 0.717) is 6.61 Å². The van der Waals surface area contributed by atoms with Crippen LogP contribution in [-0.2, 0) is 0 Å². The summed E-state index contributed by atoms with van der Waals surface area (Å²) >= 11 is 1.71. The van der Waals surface area contributed by atoms with Gasteiger partial charge < -0.3 is 14.9 Å². The zero-order valence-electron chi connectivity index (χ0n) is 15.2. The summed E-state index contributed by atoms with van der Waals surface area (Å²) in [5.41, 5.74) is 6.93. The van der Waals surface area contributed by atoms with Gasteiger partial charge in [0.2, 0.25) is 6.23 Å². The summed E-state index contributed by atoms with van der Waals surface area (Å²) in [5, 5.41) is 4.27. The number of hydrogen-bond donors (Lipinski definition) is 1. The third kappa shape index (κ3) is 2.99. The molecule has 0 aliphatic carbocycles. The molecule has 1 N–H and O–H groups in total. The molecule has 28 heavy (non-hydrogen) atoms. The first-order valence-corrected chi connectivity index (χ1v) is 10.1. The first kappa shape index (κ1) is 17.1. The van der Waals surface area contributed by atoms with Gasteiger partial charge in [-0.15, -0.1) is 11.3 Å². The third-order valence-corrected chi connectivity index (χ3v) is 5.83. The zero-order valence-corrected chi connectivity index (χ0v) is 16.1. The highest BCUT2D eigenvalue weighted by atomic mass is 32.1. The van der Waals surface area contributed by atoms with Gasteiger partial charge in [0.05, 0.1) is 16.6 Å². The number of fused-ring (bicyclic) bond motifs is 3. The fraction of sp³-hybridized carbons (Fsp3) is 0.130. The maximum absolute atomic E-state index is 6.35. The van der Waals surface area contributed by atoms with Crippen LogP contribution in [0.4, 0.5) is 0 Å². The van der Waals surface area contributed by atoms with Gasteiger partial charge in [-0.2, -0.15) is 5.01 Å². The lowest BCUT2D eigenvalue weighted by Gasteiger charge is -2.38. The van der Waals surface area contributed by atoms with Crippen LogP contribution < -0.4 is 14.9 Å². The van der Waals surface area contributed by atoms with Crippen molar-refractivity contribution in [2.45, 2.75) is 12.3 Å².